The first-order chi connectivity index (χ1) is 8.72. The summed E-state index contributed by atoms with van der Waals surface area (Å²) >= 11 is 0. The Morgan fingerprint density at radius 2 is 2.28 bits per heavy atom. The van der Waals surface area contributed by atoms with E-state index in [4.69, 9.17) is 0 Å². The molecule has 2 rings (SSSR count). The molecule has 96 valence electrons. The predicted molar refractivity (Wildman–Crippen MR) is 66.2 cm³/mol. The van der Waals surface area contributed by atoms with Gasteiger partial charge < -0.3 is 15.4 Å². The average Bonchev–Trinajstić information content (AvgIpc) is 2.43. The number of ether oxygens (including phenoxy) is 1. The number of hydrogen-bond donors (Lipinski definition) is 2. The van der Waals surface area contributed by atoms with Crippen LogP contribution in [0, 0.1) is 0 Å². The van der Waals surface area contributed by atoms with Gasteiger partial charge in [0, 0.05) is 12.1 Å². The number of esters is 1. The smallest absolute Gasteiger partial charge is 0.325 e. The number of carbonyl (C=O) groups excluding carboxylic acids is 2. The summed E-state index contributed by atoms with van der Waals surface area (Å²) in [4.78, 5) is 23.0. The number of amides is 1. The maximum Gasteiger partial charge on any atom is 0.325 e. The van der Waals surface area contributed by atoms with Gasteiger partial charge in [0.2, 0.25) is 0 Å². The molecule has 0 aliphatic carbocycles. The van der Waals surface area contributed by atoms with Crippen LogP contribution >= 0.6 is 0 Å². The van der Waals surface area contributed by atoms with E-state index >= 15 is 0 Å². The molecule has 0 fully saturated rings. The summed E-state index contributed by atoms with van der Waals surface area (Å²) in [5, 5.41) is 5.83. The Morgan fingerprint density at radius 3 is 3.06 bits per heavy atom. The lowest BCUT2D eigenvalue weighted by atomic mass is 9.95. The molecule has 2 N–H and O–H groups in total. The van der Waals surface area contributed by atoms with Gasteiger partial charge in [0.1, 0.15) is 6.54 Å². The van der Waals surface area contributed by atoms with E-state index in [1.807, 2.05) is 12.1 Å². The highest BCUT2D eigenvalue weighted by molar-refractivity contribution is 5.97. The van der Waals surface area contributed by atoms with Gasteiger partial charge in [-0.05, 0) is 30.2 Å². The topological polar surface area (TPSA) is 67.4 Å². The Morgan fingerprint density at radius 1 is 1.44 bits per heavy atom. The van der Waals surface area contributed by atoms with E-state index in [0.717, 1.165) is 30.6 Å². The quantitative estimate of drug-likeness (QED) is 0.752. The first-order valence-corrected chi connectivity index (χ1v) is 5.89. The second kappa shape index (κ2) is 5.64. The van der Waals surface area contributed by atoms with Gasteiger partial charge in [-0.15, -0.1) is 0 Å². The maximum atomic E-state index is 12.0. The van der Waals surface area contributed by atoms with Crippen LogP contribution in [0.3, 0.4) is 0 Å². The van der Waals surface area contributed by atoms with Crippen LogP contribution in [0.25, 0.3) is 0 Å². The Labute approximate surface area is 106 Å². The van der Waals surface area contributed by atoms with E-state index in [2.05, 4.69) is 15.4 Å². The summed E-state index contributed by atoms with van der Waals surface area (Å²) in [7, 11) is 1.30. The normalized spacial score (nSPS) is 13.6. The zero-order valence-corrected chi connectivity index (χ0v) is 10.3. The van der Waals surface area contributed by atoms with Crippen LogP contribution in [0.5, 0.6) is 0 Å². The van der Waals surface area contributed by atoms with Crippen LogP contribution in [0.1, 0.15) is 21.5 Å². The molecule has 1 aromatic carbocycles. The van der Waals surface area contributed by atoms with Crippen molar-refractivity contribution in [1.29, 1.82) is 0 Å². The molecule has 0 atom stereocenters. The first-order valence-electron chi connectivity index (χ1n) is 5.89. The van der Waals surface area contributed by atoms with Crippen molar-refractivity contribution in [3.8, 4) is 0 Å². The summed E-state index contributed by atoms with van der Waals surface area (Å²) in [6, 6.07) is 5.66. The first kappa shape index (κ1) is 12.6. The van der Waals surface area contributed by atoms with Crippen LogP contribution in [-0.4, -0.2) is 32.1 Å². The minimum Gasteiger partial charge on any atom is -0.468 e. The van der Waals surface area contributed by atoms with Crippen molar-refractivity contribution in [3.63, 3.8) is 0 Å². The van der Waals surface area contributed by atoms with Crippen molar-refractivity contribution >= 4 is 11.9 Å². The molecule has 5 nitrogen and oxygen atoms in total. The third-order valence-electron chi connectivity index (χ3n) is 3.01. The van der Waals surface area contributed by atoms with Crippen molar-refractivity contribution in [2.75, 3.05) is 20.2 Å². The SMILES string of the molecule is COC(=O)CNC(=O)c1cccc2c1CCNC2. The molecule has 0 saturated carbocycles. The number of methoxy groups -OCH3 is 1. The lowest BCUT2D eigenvalue weighted by molar-refractivity contribution is -0.139. The lowest BCUT2D eigenvalue weighted by Gasteiger charge is -2.19. The lowest BCUT2D eigenvalue weighted by Crippen LogP contribution is -2.32. The van der Waals surface area contributed by atoms with Crippen molar-refractivity contribution in [2.45, 2.75) is 13.0 Å². The second-order valence-corrected chi connectivity index (χ2v) is 4.13. The van der Waals surface area contributed by atoms with Crippen molar-refractivity contribution in [3.05, 3.63) is 34.9 Å². The summed E-state index contributed by atoms with van der Waals surface area (Å²) in [5.74, 6) is -0.672. The highest BCUT2D eigenvalue weighted by Crippen LogP contribution is 2.18. The predicted octanol–water partition coefficient (Wildman–Crippen LogP) is 0.235. The molecule has 0 radical (unpaired) electrons. The molecule has 5 heteroatoms. The molecule has 1 aliphatic heterocycles. The van der Waals surface area contributed by atoms with Crippen LogP contribution in [0.2, 0.25) is 0 Å². The Bertz CT molecular complexity index is 471. The van der Waals surface area contributed by atoms with Gasteiger partial charge in [-0.2, -0.15) is 0 Å². The molecule has 0 bridgehead atoms. The minimum absolute atomic E-state index is 0.0999. The molecule has 1 heterocycles. The standard InChI is InChI=1S/C13H16N2O3/c1-18-12(16)8-15-13(17)11-4-2-3-9-7-14-6-5-10(9)11/h2-4,14H,5-8H2,1H3,(H,15,17). The van der Waals surface area contributed by atoms with Gasteiger partial charge in [-0.25, -0.2) is 0 Å². The molecule has 0 unspecified atom stereocenters. The Kier molecular flexibility index (Phi) is 3.94. The largest absolute Gasteiger partial charge is 0.468 e. The molecule has 1 aromatic rings. The van der Waals surface area contributed by atoms with Crippen LogP contribution in [-0.2, 0) is 22.5 Å². The molecule has 0 aromatic heterocycles. The summed E-state index contributed by atoms with van der Waals surface area (Å²) < 4.78 is 4.49. The summed E-state index contributed by atoms with van der Waals surface area (Å²) in [6.07, 6.45) is 0.831. The van der Waals surface area contributed by atoms with E-state index in [1.54, 1.807) is 6.07 Å². The number of carbonyl (C=O) groups is 2. The molecule has 18 heavy (non-hydrogen) atoms. The molecular weight excluding hydrogens is 232 g/mol. The highest BCUT2D eigenvalue weighted by Gasteiger charge is 2.17. The van der Waals surface area contributed by atoms with Crippen molar-refractivity contribution < 1.29 is 14.3 Å². The molecule has 1 aliphatic rings. The highest BCUT2D eigenvalue weighted by atomic mass is 16.5. The monoisotopic (exact) mass is 248 g/mol. The summed E-state index contributed by atoms with van der Waals surface area (Å²) in [5.41, 5.74) is 2.86. The molecule has 0 spiro atoms. The van der Waals surface area contributed by atoms with Crippen LogP contribution in [0.4, 0.5) is 0 Å². The average molecular weight is 248 g/mol. The van der Waals surface area contributed by atoms with Gasteiger partial charge >= 0.3 is 5.97 Å². The van der Waals surface area contributed by atoms with E-state index in [1.165, 1.54) is 7.11 Å². The maximum absolute atomic E-state index is 12.0. The van der Waals surface area contributed by atoms with E-state index in [-0.39, 0.29) is 12.5 Å². The van der Waals surface area contributed by atoms with E-state index in [9.17, 15) is 9.59 Å². The fourth-order valence-electron chi connectivity index (χ4n) is 2.06. The van der Waals surface area contributed by atoms with Gasteiger partial charge in [0.05, 0.1) is 7.11 Å². The van der Waals surface area contributed by atoms with E-state index < -0.39 is 5.97 Å². The fraction of sp³-hybridized carbons (Fsp3) is 0.385. The Hall–Kier alpha value is -1.88. The third kappa shape index (κ3) is 2.68. The fourth-order valence-corrected chi connectivity index (χ4v) is 2.06. The van der Waals surface area contributed by atoms with Gasteiger partial charge in [-0.1, -0.05) is 12.1 Å². The number of hydrogen-bond acceptors (Lipinski definition) is 4. The van der Waals surface area contributed by atoms with Crippen molar-refractivity contribution in [2.24, 2.45) is 0 Å². The van der Waals surface area contributed by atoms with Crippen LogP contribution < -0.4 is 10.6 Å². The van der Waals surface area contributed by atoms with Gasteiger partial charge in [0.25, 0.3) is 5.91 Å². The molecule has 1 amide bonds. The molecular formula is C13H16N2O3. The number of nitrogens with one attached hydrogen (secondary N) is 2. The third-order valence-corrected chi connectivity index (χ3v) is 3.01. The minimum atomic E-state index is -0.449. The summed E-state index contributed by atoms with van der Waals surface area (Å²) in [6.45, 7) is 1.55. The number of fused-ring (bicyclic) bond motifs is 1. The number of benzene rings is 1. The van der Waals surface area contributed by atoms with Crippen molar-refractivity contribution in [1.82, 2.24) is 10.6 Å². The second-order valence-electron chi connectivity index (χ2n) is 4.13. The van der Waals surface area contributed by atoms with E-state index in [0.29, 0.717) is 5.56 Å². The number of rotatable bonds is 3. The zero-order valence-electron chi connectivity index (χ0n) is 10.3. The Balaban J connectivity index is 2.13. The van der Waals surface area contributed by atoms with Gasteiger partial charge in [-0.3, -0.25) is 9.59 Å². The molecule has 0 saturated heterocycles. The zero-order chi connectivity index (χ0) is 13.0. The van der Waals surface area contributed by atoms with Gasteiger partial charge in [0.15, 0.2) is 0 Å². The van der Waals surface area contributed by atoms with Crippen LogP contribution in [0.15, 0.2) is 18.2 Å².